The number of anilines is 1. The molecule has 0 saturated carbocycles. The zero-order valence-electron chi connectivity index (χ0n) is 10.8. The van der Waals surface area contributed by atoms with Crippen molar-refractivity contribution in [2.75, 3.05) is 18.6 Å². The first kappa shape index (κ1) is 14.0. The van der Waals surface area contributed by atoms with Crippen LogP contribution in [-0.4, -0.2) is 25.3 Å². The smallest absolute Gasteiger partial charge is 0.223 e. The number of rotatable bonds is 5. The molecule has 0 aromatic heterocycles. The Bertz CT molecular complexity index is 466. The van der Waals surface area contributed by atoms with E-state index in [9.17, 15) is 9.59 Å². The highest BCUT2D eigenvalue weighted by molar-refractivity contribution is 6.05. The van der Waals surface area contributed by atoms with Crippen molar-refractivity contribution in [2.24, 2.45) is 0 Å². The summed E-state index contributed by atoms with van der Waals surface area (Å²) in [4.78, 5) is 24.5. The lowest BCUT2D eigenvalue weighted by Crippen LogP contribution is -2.22. The van der Waals surface area contributed by atoms with Gasteiger partial charge in [-0.3, -0.25) is 9.59 Å². The standard InChI is InChI=1S/C14H17NO3/c1-4-18-9-8-14(17)12-6-5-7-13(10-12)15(3)11(2)16/h5-10H,4H2,1-3H3/b9-8+. The Kier molecular flexibility index (Phi) is 5.11. The second-order valence-corrected chi connectivity index (χ2v) is 3.75. The number of ether oxygens (including phenoxy) is 1. The predicted molar refractivity (Wildman–Crippen MR) is 70.6 cm³/mol. The van der Waals surface area contributed by atoms with E-state index in [1.807, 2.05) is 6.92 Å². The van der Waals surface area contributed by atoms with Crippen LogP contribution in [-0.2, 0) is 9.53 Å². The topological polar surface area (TPSA) is 46.6 Å². The second kappa shape index (κ2) is 6.59. The van der Waals surface area contributed by atoms with Crippen LogP contribution in [0.3, 0.4) is 0 Å². The third-order valence-electron chi connectivity index (χ3n) is 2.47. The molecule has 0 bridgehead atoms. The molecule has 0 radical (unpaired) electrons. The van der Waals surface area contributed by atoms with Crippen LogP contribution in [0.1, 0.15) is 24.2 Å². The van der Waals surface area contributed by atoms with Gasteiger partial charge in [0.15, 0.2) is 5.78 Å². The van der Waals surface area contributed by atoms with Crippen LogP contribution in [0.15, 0.2) is 36.6 Å². The second-order valence-electron chi connectivity index (χ2n) is 3.75. The molecule has 1 aromatic carbocycles. The number of ketones is 1. The zero-order valence-corrected chi connectivity index (χ0v) is 10.8. The molecule has 1 aromatic rings. The van der Waals surface area contributed by atoms with Gasteiger partial charge >= 0.3 is 0 Å². The van der Waals surface area contributed by atoms with Gasteiger partial charge in [0.1, 0.15) is 0 Å². The molecule has 0 aliphatic carbocycles. The van der Waals surface area contributed by atoms with Crippen LogP contribution in [0.2, 0.25) is 0 Å². The van der Waals surface area contributed by atoms with Gasteiger partial charge in [-0.25, -0.2) is 0 Å². The van der Waals surface area contributed by atoms with Crippen LogP contribution in [0.25, 0.3) is 0 Å². The van der Waals surface area contributed by atoms with Gasteiger partial charge < -0.3 is 9.64 Å². The fraction of sp³-hybridized carbons (Fsp3) is 0.286. The number of nitrogens with zero attached hydrogens (tertiary/aromatic N) is 1. The van der Waals surface area contributed by atoms with Crippen LogP contribution < -0.4 is 4.90 Å². The lowest BCUT2D eigenvalue weighted by molar-refractivity contribution is -0.116. The Labute approximate surface area is 107 Å². The van der Waals surface area contributed by atoms with E-state index < -0.39 is 0 Å². The number of carbonyl (C=O) groups is 2. The molecule has 0 fully saturated rings. The van der Waals surface area contributed by atoms with E-state index in [1.165, 1.54) is 24.2 Å². The van der Waals surface area contributed by atoms with Crippen molar-refractivity contribution in [3.05, 3.63) is 42.2 Å². The molecule has 96 valence electrons. The van der Waals surface area contributed by atoms with E-state index in [2.05, 4.69) is 0 Å². The Morgan fingerprint density at radius 2 is 2.11 bits per heavy atom. The summed E-state index contributed by atoms with van der Waals surface area (Å²) in [5.74, 6) is -0.230. The molecule has 0 aliphatic rings. The predicted octanol–water partition coefficient (Wildman–Crippen LogP) is 2.40. The highest BCUT2D eigenvalue weighted by atomic mass is 16.5. The van der Waals surface area contributed by atoms with Crippen molar-refractivity contribution >= 4 is 17.4 Å². The summed E-state index contributed by atoms with van der Waals surface area (Å²) in [7, 11) is 1.67. The molecule has 4 nitrogen and oxygen atoms in total. The molecule has 4 heteroatoms. The summed E-state index contributed by atoms with van der Waals surface area (Å²) in [6.45, 7) is 3.84. The van der Waals surface area contributed by atoms with Crippen LogP contribution >= 0.6 is 0 Å². The summed E-state index contributed by atoms with van der Waals surface area (Å²) in [5, 5.41) is 0. The molecule has 0 aliphatic heterocycles. The Hall–Kier alpha value is -2.10. The molecule has 1 rings (SSSR count). The molecule has 0 atom stereocenters. The third-order valence-corrected chi connectivity index (χ3v) is 2.47. The van der Waals surface area contributed by atoms with Crippen LogP contribution in [0.4, 0.5) is 5.69 Å². The quantitative estimate of drug-likeness (QED) is 0.456. The SMILES string of the molecule is CCO/C=C/C(=O)c1cccc(N(C)C(C)=O)c1. The van der Waals surface area contributed by atoms with E-state index in [0.717, 1.165) is 0 Å². The third kappa shape index (κ3) is 3.73. The molecule has 0 spiro atoms. The molecule has 0 saturated heterocycles. The maximum atomic E-state index is 11.8. The first-order chi connectivity index (χ1) is 8.56. The van der Waals surface area contributed by atoms with E-state index in [1.54, 1.807) is 31.3 Å². The lowest BCUT2D eigenvalue weighted by atomic mass is 10.1. The first-order valence-electron chi connectivity index (χ1n) is 5.73. The number of carbonyl (C=O) groups excluding carboxylic acids is 2. The van der Waals surface area contributed by atoms with Crippen molar-refractivity contribution < 1.29 is 14.3 Å². The number of allylic oxidation sites excluding steroid dienone is 1. The number of amides is 1. The molecule has 18 heavy (non-hydrogen) atoms. The summed E-state index contributed by atoms with van der Waals surface area (Å²) in [6, 6.07) is 6.91. The number of hydrogen-bond donors (Lipinski definition) is 0. The average molecular weight is 247 g/mol. The maximum absolute atomic E-state index is 11.8. The Morgan fingerprint density at radius 3 is 2.72 bits per heavy atom. The van der Waals surface area contributed by atoms with Crippen molar-refractivity contribution in [3.63, 3.8) is 0 Å². The van der Waals surface area contributed by atoms with Crippen molar-refractivity contribution in [1.82, 2.24) is 0 Å². The maximum Gasteiger partial charge on any atom is 0.223 e. The molecule has 0 N–H and O–H groups in total. The van der Waals surface area contributed by atoms with Gasteiger partial charge in [-0.1, -0.05) is 12.1 Å². The fourth-order valence-electron chi connectivity index (χ4n) is 1.35. The minimum absolute atomic E-state index is 0.0792. The summed E-state index contributed by atoms with van der Waals surface area (Å²) < 4.78 is 4.98. The molecular formula is C14H17NO3. The monoisotopic (exact) mass is 247 g/mol. The normalized spacial score (nSPS) is 10.4. The van der Waals surface area contributed by atoms with E-state index >= 15 is 0 Å². The minimum Gasteiger partial charge on any atom is -0.501 e. The number of benzene rings is 1. The van der Waals surface area contributed by atoms with Gasteiger partial charge in [-0.15, -0.1) is 0 Å². The van der Waals surface area contributed by atoms with E-state index in [0.29, 0.717) is 17.9 Å². The summed E-state index contributed by atoms with van der Waals surface area (Å²) >= 11 is 0. The number of hydrogen-bond acceptors (Lipinski definition) is 3. The van der Waals surface area contributed by atoms with Gasteiger partial charge in [-0.2, -0.15) is 0 Å². The zero-order chi connectivity index (χ0) is 13.5. The van der Waals surface area contributed by atoms with Gasteiger partial charge in [0.25, 0.3) is 0 Å². The van der Waals surface area contributed by atoms with E-state index in [4.69, 9.17) is 4.74 Å². The van der Waals surface area contributed by atoms with Gasteiger partial charge in [0.2, 0.25) is 5.91 Å². The highest BCUT2D eigenvalue weighted by Crippen LogP contribution is 2.15. The molecule has 0 unspecified atom stereocenters. The lowest BCUT2D eigenvalue weighted by Gasteiger charge is -2.15. The minimum atomic E-state index is -0.151. The van der Waals surface area contributed by atoms with Crippen molar-refractivity contribution in [1.29, 1.82) is 0 Å². The van der Waals surface area contributed by atoms with Crippen LogP contribution in [0, 0.1) is 0 Å². The van der Waals surface area contributed by atoms with Gasteiger partial charge in [0.05, 0.1) is 12.9 Å². The first-order valence-corrected chi connectivity index (χ1v) is 5.73. The van der Waals surface area contributed by atoms with Gasteiger partial charge in [0, 0.05) is 31.3 Å². The fourth-order valence-corrected chi connectivity index (χ4v) is 1.35. The summed E-state index contributed by atoms with van der Waals surface area (Å²) in [5.41, 5.74) is 1.22. The Balaban J connectivity index is 2.88. The molecule has 1 amide bonds. The van der Waals surface area contributed by atoms with Gasteiger partial charge in [-0.05, 0) is 19.1 Å². The molecular weight excluding hydrogens is 230 g/mol. The average Bonchev–Trinajstić information content (AvgIpc) is 2.38. The van der Waals surface area contributed by atoms with Crippen molar-refractivity contribution in [2.45, 2.75) is 13.8 Å². The molecule has 0 heterocycles. The van der Waals surface area contributed by atoms with Crippen LogP contribution in [0.5, 0.6) is 0 Å². The van der Waals surface area contributed by atoms with E-state index in [-0.39, 0.29) is 11.7 Å². The largest absolute Gasteiger partial charge is 0.501 e. The van der Waals surface area contributed by atoms with Crippen molar-refractivity contribution in [3.8, 4) is 0 Å². The highest BCUT2D eigenvalue weighted by Gasteiger charge is 2.08. The Morgan fingerprint density at radius 1 is 1.39 bits per heavy atom. The summed E-state index contributed by atoms with van der Waals surface area (Å²) in [6.07, 6.45) is 2.75.